The fourth-order valence-corrected chi connectivity index (χ4v) is 1.90. The maximum atomic E-state index is 5.23. The van der Waals surface area contributed by atoms with Gasteiger partial charge in [-0.15, -0.1) is 0 Å². The molecule has 0 saturated carbocycles. The molecule has 0 unspecified atom stereocenters. The maximum Gasteiger partial charge on any atom is 0.230 e. The van der Waals surface area contributed by atoms with Crippen LogP contribution in [0.4, 0.5) is 5.95 Å². The zero-order valence-electron chi connectivity index (χ0n) is 9.92. The number of nitrogens with zero attached hydrogens (tertiary/aromatic N) is 3. The summed E-state index contributed by atoms with van der Waals surface area (Å²) in [6.45, 7) is 3.91. The minimum absolute atomic E-state index is 0.667. The van der Waals surface area contributed by atoms with Crippen LogP contribution in [0, 0.1) is 0 Å². The highest BCUT2D eigenvalue weighted by atomic mass is 16.5. The van der Waals surface area contributed by atoms with Crippen LogP contribution in [0.5, 0.6) is 5.75 Å². The number of ether oxygens (including phenoxy) is 1. The predicted octanol–water partition coefficient (Wildman–Crippen LogP) is 2.12. The van der Waals surface area contributed by atoms with Gasteiger partial charge in [-0.3, -0.25) is 0 Å². The number of rotatable bonds is 2. The first-order valence-corrected chi connectivity index (χ1v) is 5.50. The number of anilines is 1. The average molecular weight is 240 g/mol. The van der Waals surface area contributed by atoms with E-state index in [1.54, 1.807) is 11.8 Å². The summed E-state index contributed by atoms with van der Waals surface area (Å²) in [4.78, 5) is 4.13. The van der Waals surface area contributed by atoms with Crippen LogP contribution >= 0.6 is 0 Å². The Hall–Kier alpha value is -2.56. The van der Waals surface area contributed by atoms with Gasteiger partial charge in [0.2, 0.25) is 5.95 Å². The zero-order chi connectivity index (χ0) is 12.5. The number of allylic oxidation sites excluding steroid dienone is 1. The van der Waals surface area contributed by atoms with E-state index < -0.39 is 0 Å². The standard InChI is InChI=1S/C13H12N4O/c1-9-6-12(17-13(16-9)14-8-15-17)10-4-3-5-11(7-10)18-2/h3-8H,1H2,2H3,(H,14,15,16). The summed E-state index contributed by atoms with van der Waals surface area (Å²) in [5, 5.41) is 7.25. The Bertz CT molecular complexity index is 642. The molecule has 0 aliphatic carbocycles. The van der Waals surface area contributed by atoms with Gasteiger partial charge >= 0.3 is 0 Å². The van der Waals surface area contributed by atoms with Crippen LogP contribution < -0.4 is 10.1 Å². The van der Waals surface area contributed by atoms with Gasteiger partial charge in [0.1, 0.15) is 12.1 Å². The molecule has 1 aromatic carbocycles. The average Bonchev–Trinajstić information content (AvgIpc) is 2.85. The van der Waals surface area contributed by atoms with Crippen LogP contribution in [0.1, 0.15) is 5.56 Å². The van der Waals surface area contributed by atoms with Crippen LogP contribution in [0.2, 0.25) is 0 Å². The molecule has 1 aliphatic rings. The molecule has 0 saturated heterocycles. The highest BCUT2D eigenvalue weighted by Crippen LogP contribution is 2.27. The fourth-order valence-electron chi connectivity index (χ4n) is 1.90. The van der Waals surface area contributed by atoms with E-state index in [1.807, 2.05) is 30.3 Å². The van der Waals surface area contributed by atoms with Crippen LogP contribution in [0.15, 0.2) is 48.9 Å². The summed E-state index contributed by atoms with van der Waals surface area (Å²) >= 11 is 0. The Morgan fingerprint density at radius 3 is 3.11 bits per heavy atom. The topological polar surface area (TPSA) is 52.0 Å². The van der Waals surface area contributed by atoms with Crippen molar-refractivity contribution in [3.05, 3.63) is 54.5 Å². The lowest BCUT2D eigenvalue weighted by atomic mass is 10.1. The first-order valence-electron chi connectivity index (χ1n) is 5.50. The quantitative estimate of drug-likeness (QED) is 0.873. The zero-order valence-corrected chi connectivity index (χ0v) is 9.92. The summed E-state index contributed by atoms with van der Waals surface area (Å²) in [7, 11) is 1.65. The van der Waals surface area contributed by atoms with Gasteiger partial charge in [-0.1, -0.05) is 18.7 Å². The van der Waals surface area contributed by atoms with Crippen molar-refractivity contribution in [3.63, 3.8) is 0 Å². The van der Waals surface area contributed by atoms with Crippen molar-refractivity contribution in [3.8, 4) is 5.75 Å². The molecular weight excluding hydrogens is 228 g/mol. The normalized spacial score (nSPS) is 13.6. The first-order chi connectivity index (χ1) is 8.78. The van der Waals surface area contributed by atoms with E-state index in [0.717, 1.165) is 22.7 Å². The highest BCUT2D eigenvalue weighted by molar-refractivity contribution is 5.74. The molecule has 2 aromatic rings. The molecule has 3 rings (SSSR count). The van der Waals surface area contributed by atoms with E-state index in [4.69, 9.17) is 4.74 Å². The second kappa shape index (κ2) is 4.03. The van der Waals surface area contributed by atoms with Crippen molar-refractivity contribution >= 4 is 11.6 Å². The van der Waals surface area contributed by atoms with Crippen molar-refractivity contribution in [1.29, 1.82) is 0 Å². The van der Waals surface area contributed by atoms with Crippen molar-refractivity contribution in [2.45, 2.75) is 0 Å². The van der Waals surface area contributed by atoms with Crippen molar-refractivity contribution in [1.82, 2.24) is 14.8 Å². The van der Waals surface area contributed by atoms with E-state index in [-0.39, 0.29) is 0 Å². The van der Waals surface area contributed by atoms with Gasteiger partial charge in [-0.25, -0.2) is 0 Å². The molecule has 2 heterocycles. The predicted molar refractivity (Wildman–Crippen MR) is 69.2 cm³/mol. The number of hydrogen-bond donors (Lipinski definition) is 1. The smallest absolute Gasteiger partial charge is 0.230 e. The molecule has 1 aromatic heterocycles. The Morgan fingerprint density at radius 2 is 2.28 bits per heavy atom. The van der Waals surface area contributed by atoms with Crippen LogP contribution in [0.25, 0.3) is 5.70 Å². The lowest BCUT2D eigenvalue weighted by Crippen LogP contribution is -2.13. The summed E-state index contributed by atoms with van der Waals surface area (Å²) in [6.07, 6.45) is 3.44. The largest absolute Gasteiger partial charge is 0.497 e. The number of hydrogen-bond acceptors (Lipinski definition) is 4. The van der Waals surface area contributed by atoms with Crippen LogP contribution in [-0.4, -0.2) is 21.9 Å². The number of fused-ring (bicyclic) bond motifs is 1. The number of nitrogens with one attached hydrogen (secondary N) is 1. The Morgan fingerprint density at radius 1 is 1.39 bits per heavy atom. The number of aromatic nitrogens is 3. The molecule has 18 heavy (non-hydrogen) atoms. The third-order valence-electron chi connectivity index (χ3n) is 2.72. The van der Waals surface area contributed by atoms with Crippen molar-refractivity contribution in [2.75, 3.05) is 12.4 Å². The highest BCUT2D eigenvalue weighted by Gasteiger charge is 2.16. The van der Waals surface area contributed by atoms with E-state index in [2.05, 4.69) is 22.0 Å². The Balaban J connectivity index is 2.13. The van der Waals surface area contributed by atoms with Gasteiger partial charge in [0.25, 0.3) is 0 Å². The molecule has 5 heteroatoms. The molecule has 0 spiro atoms. The molecule has 0 fully saturated rings. The lowest BCUT2D eigenvalue weighted by molar-refractivity contribution is 0.414. The van der Waals surface area contributed by atoms with Crippen LogP contribution in [-0.2, 0) is 0 Å². The molecular formula is C13H12N4O. The van der Waals surface area contributed by atoms with Crippen LogP contribution in [0.3, 0.4) is 0 Å². The second-order valence-corrected chi connectivity index (χ2v) is 3.91. The molecule has 5 nitrogen and oxygen atoms in total. The van der Waals surface area contributed by atoms with Gasteiger partial charge in [-0.2, -0.15) is 14.8 Å². The Labute approximate surface area is 104 Å². The molecule has 90 valence electrons. The van der Waals surface area contributed by atoms with Gasteiger partial charge in [0.05, 0.1) is 12.8 Å². The summed E-state index contributed by atoms with van der Waals surface area (Å²) in [5.74, 6) is 1.47. The minimum Gasteiger partial charge on any atom is -0.497 e. The lowest BCUT2D eigenvalue weighted by Gasteiger charge is -2.18. The molecule has 1 aliphatic heterocycles. The molecule has 0 radical (unpaired) electrons. The fraction of sp³-hybridized carbons (Fsp3) is 0.0769. The molecule has 0 amide bonds. The maximum absolute atomic E-state index is 5.23. The van der Waals surface area contributed by atoms with E-state index in [1.165, 1.54) is 6.33 Å². The van der Waals surface area contributed by atoms with Crippen molar-refractivity contribution in [2.24, 2.45) is 0 Å². The van der Waals surface area contributed by atoms with Gasteiger partial charge in [-0.05, 0) is 18.2 Å². The van der Waals surface area contributed by atoms with Gasteiger partial charge < -0.3 is 10.1 Å². The van der Waals surface area contributed by atoms with Gasteiger partial charge in [0, 0.05) is 11.3 Å². The van der Waals surface area contributed by atoms with E-state index in [9.17, 15) is 0 Å². The third-order valence-corrected chi connectivity index (χ3v) is 2.72. The second-order valence-electron chi connectivity index (χ2n) is 3.91. The Kier molecular flexibility index (Phi) is 2.37. The summed E-state index contributed by atoms with van der Waals surface area (Å²) in [5.41, 5.74) is 2.71. The number of benzene rings is 1. The molecule has 1 N–H and O–H groups in total. The monoisotopic (exact) mass is 240 g/mol. The van der Waals surface area contributed by atoms with E-state index in [0.29, 0.717) is 5.95 Å². The summed E-state index contributed by atoms with van der Waals surface area (Å²) < 4.78 is 6.97. The minimum atomic E-state index is 0.667. The van der Waals surface area contributed by atoms with E-state index >= 15 is 0 Å². The van der Waals surface area contributed by atoms with Gasteiger partial charge in [0.15, 0.2) is 0 Å². The molecule has 0 atom stereocenters. The molecule has 0 bridgehead atoms. The SMILES string of the molecule is C=C1C=C(c2cccc(OC)c2)n2ncnc2N1. The summed E-state index contributed by atoms with van der Waals surface area (Å²) in [6, 6.07) is 7.80. The third kappa shape index (κ3) is 1.66. The first kappa shape index (κ1) is 10.6. The number of methoxy groups -OCH3 is 1. The van der Waals surface area contributed by atoms with Crippen molar-refractivity contribution < 1.29 is 4.74 Å².